The standard InChI is InChI=1S/C22H24N2O4/c1-15(2)18-7-9-19(10-8-18)26-13-22(25)24-23-16(3)4-5-17-6-11-20-21(12-17)28-14-27-20/h4-12,15H,13-14H2,1-3H3,(H,24,25)/b5-4+,23-16-. The molecule has 146 valence electrons. The van der Waals surface area contributed by atoms with Crippen LogP contribution in [0.15, 0.2) is 53.6 Å². The first-order chi connectivity index (χ1) is 13.5. The van der Waals surface area contributed by atoms with E-state index in [1.165, 1.54) is 5.56 Å². The van der Waals surface area contributed by atoms with E-state index in [1.54, 1.807) is 6.92 Å². The zero-order valence-corrected chi connectivity index (χ0v) is 16.3. The van der Waals surface area contributed by atoms with E-state index in [4.69, 9.17) is 14.2 Å². The van der Waals surface area contributed by atoms with Crippen molar-refractivity contribution in [1.82, 2.24) is 5.43 Å². The molecule has 0 bridgehead atoms. The van der Waals surface area contributed by atoms with Gasteiger partial charge in [-0.05, 0) is 54.3 Å². The summed E-state index contributed by atoms with van der Waals surface area (Å²) in [5.41, 5.74) is 5.33. The smallest absolute Gasteiger partial charge is 0.277 e. The Labute approximate surface area is 164 Å². The molecule has 1 aliphatic rings. The average molecular weight is 380 g/mol. The second-order valence-electron chi connectivity index (χ2n) is 6.75. The van der Waals surface area contributed by atoms with Crippen molar-refractivity contribution in [3.05, 3.63) is 59.7 Å². The summed E-state index contributed by atoms with van der Waals surface area (Å²) in [6, 6.07) is 13.4. The van der Waals surface area contributed by atoms with Gasteiger partial charge in [0.2, 0.25) is 6.79 Å². The third-order valence-electron chi connectivity index (χ3n) is 4.19. The number of fused-ring (bicyclic) bond motifs is 1. The average Bonchev–Trinajstić information content (AvgIpc) is 3.17. The van der Waals surface area contributed by atoms with Gasteiger partial charge >= 0.3 is 0 Å². The molecule has 0 aliphatic carbocycles. The molecule has 0 aromatic heterocycles. The molecule has 6 nitrogen and oxygen atoms in total. The first-order valence-corrected chi connectivity index (χ1v) is 9.15. The number of nitrogens with zero attached hydrogens (tertiary/aromatic N) is 1. The predicted octanol–water partition coefficient (Wildman–Crippen LogP) is 4.12. The fourth-order valence-corrected chi connectivity index (χ4v) is 2.55. The van der Waals surface area contributed by atoms with Crippen LogP contribution < -0.4 is 19.6 Å². The molecule has 1 amide bonds. The van der Waals surface area contributed by atoms with Crippen LogP contribution in [-0.4, -0.2) is 25.0 Å². The maximum absolute atomic E-state index is 11.9. The Morgan fingerprint density at radius 2 is 1.93 bits per heavy atom. The number of carbonyl (C=O) groups is 1. The number of hydrazone groups is 1. The first kappa shape index (κ1) is 19.5. The number of rotatable bonds is 7. The number of benzene rings is 2. The molecule has 0 unspecified atom stereocenters. The molecule has 6 heteroatoms. The Kier molecular flexibility index (Phi) is 6.32. The highest BCUT2D eigenvalue weighted by Gasteiger charge is 2.12. The minimum Gasteiger partial charge on any atom is -0.484 e. The van der Waals surface area contributed by atoms with Gasteiger partial charge in [0.1, 0.15) is 5.75 Å². The lowest BCUT2D eigenvalue weighted by molar-refractivity contribution is -0.123. The van der Waals surface area contributed by atoms with Crippen LogP contribution >= 0.6 is 0 Å². The van der Waals surface area contributed by atoms with Crippen LogP contribution in [0.25, 0.3) is 6.08 Å². The predicted molar refractivity (Wildman–Crippen MR) is 109 cm³/mol. The zero-order chi connectivity index (χ0) is 19.9. The molecule has 0 atom stereocenters. The summed E-state index contributed by atoms with van der Waals surface area (Å²) in [5, 5.41) is 4.06. The Hall–Kier alpha value is -3.28. The summed E-state index contributed by atoms with van der Waals surface area (Å²) in [6.07, 6.45) is 3.70. The molecule has 0 fully saturated rings. The van der Waals surface area contributed by atoms with Crippen LogP contribution in [0, 0.1) is 0 Å². The fraction of sp³-hybridized carbons (Fsp3) is 0.273. The molecule has 2 aromatic rings. The Bertz CT molecular complexity index is 886. The van der Waals surface area contributed by atoms with Crippen molar-refractivity contribution >= 4 is 17.7 Å². The van der Waals surface area contributed by atoms with Crippen molar-refractivity contribution in [2.75, 3.05) is 13.4 Å². The normalized spacial score (nSPS) is 13.2. The van der Waals surface area contributed by atoms with Gasteiger partial charge in [-0.15, -0.1) is 0 Å². The number of carbonyl (C=O) groups excluding carboxylic acids is 1. The van der Waals surface area contributed by atoms with Gasteiger partial charge in [0, 0.05) is 0 Å². The van der Waals surface area contributed by atoms with Gasteiger partial charge in [-0.1, -0.05) is 38.1 Å². The third-order valence-corrected chi connectivity index (χ3v) is 4.19. The quantitative estimate of drug-likeness (QED) is 0.579. The molecular weight excluding hydrogens is 356 g/mol. The molecule has 1 aliphatic heterocycles. The minimum atomic E-state index is -0.316. The molecule has 1 N–H and O–H groups in total. The molecule has 3 rings (SSSR count). The van der Waals surface area contributed by atoms with Crippen molar-refractivity contribution in [2.45, 2.75) is 26.7 Å². The van der Waals surface area contributed by atoms with Crippen LogP contribution in [0.3, 0.4) is 0 Å². The molecule has 0 radical (unpaired) electrons. The van der Waals surface area contributed by atoms with Gasteiger partial charge in [-0.3, -0.25) is 4.79 Å². The minimum absolute atomic E-state index is 0.0936. The van der Waals surface area contributed by atoms with Crippen molar-refractivity contribution < 1.29 is 19.0 Å². The highest BCUT2D eigenvalue weighted by Crippen LogP contribution is 2.32. The summed E-state index contributed by atoms with van der Waals surface area (Å²) < 4.78 is 16.1. The molecule has 1 heterocycles. The lowest BCUT2D eigenvalue weighted by atomic mass is 10.0. The van der Waals surface area contributed by atoms with Gasteiger partial charge in [0.05, 0.1) is 5.71 Å². The van der Waals surface area contributed by atoms with E-state index < -0.39 is 0 Å². The summed E-state index contributed by atoms with van der Waals surface area (Å²) in [6.45, 7) is 6.22. The molecule has 28 heavy (non-hydrogen) atoms. The second-order valence-corrected chi connectivity index (χ2v) is 6.75. The van der Waals surface area contributed by atoms with Crippen LogP contribution in [0.5, 0.6) is 17.2 Å². The van der Waals surface area contributed by atoms with Crippen LogP contribution in [0.4, 0.5) is 0 Å². The van der Waals surface area contributed by atoms with Gasteiger partial charge in [-0.25, -0.2) is 5.43 Å². The summed E-state index contributed by atoms with van der Waals surface area (Å²) >= 11 is 0. The van der Waals surface area contributed by atoms with Gasteiger partial charge < -0.3 is 14.2 Å². The Morgan fingerprint density at radius 1 is 1.18 bits per heavy atom. The van der Waals surface area contributed by atoms with E-state index in [-0.39, 0.29) is 19.3 Å². The number of ether oxygens (including phenoxy) is 3. The van der Waals surface area contributed by atoms with E-state index >= 15 is 0 Å². The fourth-order valence-electron chi connectivity index (χ4n) is 2.55. The van der Waals surface area contributed by atoms with Crippen LogP contribution in [-0.2, 0) is 4.79 Å². The van der Waals surface area contributed by atoms with Crippen LogP contribution in [0.2, 0.25) is 0 Å². The van der Waals surface area contributed by atoms with Gasteiger partial charge in [-0.2, -0.15) is 5.10 Å². The van der Waals surface area contributed by atoms with E-state index in [9.17, 15) is 4.79 Å². The van der Waals surface area contributed by atoms with E-state index in [0.717, 1.165) is 17.1 Å². The van der Waals surface area contributed by atoms with Crippen molar-refractivity contribution in [3.63, 3.8) is 0 Å². The number of nitrogens with one attached hydrogen (secondary N) is 1. The number of amides is 1. The van der Waals surface area contributed by atoms with Gasteiger partial charge in [0.15, 0.2) is 18.1 Å². The summed E-state index contributed by atoms with van der Waals surface area (Å²) in [4.78, 5) is 11.9. The first-order valence-electron chi connectivity index (χ1n) is 9.15. The van der Waals surface area contributed by atoms with Gasteiger partial charge in [0.25, 0.3) is 5.91 Å². The highest BCUT2D eigenvalue weighted by molar-refractivity contribution is 5.97. The topological polar surface area (TPSA) is 69.2 Å². The maximum atomic E-state index is 11.9. The Balaban J connectivity index is 1.46. The molecule has 0 saturated heterocycles. The molecule has 0 saturated carbocycles. The zero-order valence-electron chi connectivity index (χ0n) is 16.3. The molecule has 2 aromatic carbocycles. The highest BCUT2D eigenvalue weighted by atomic mass is 16.7. The molecular formula is C22H24N2O4. The van der Waals surface area contributed by atoms with Crippen molar-refractivity contribution in [1.29, 1.82) is 0 Å². The SMILES string of the molecule is CC(/C=C/c1ccc2c(c1)OCO2)=N/NC(=O)COc1ccc(C(C)C)cc1. The lowest BCUT2D eigenvalue weighted by Gasteiger charge is -2.08. The summed E-state index contributed by atoms with van der Waals surface area (Å²) in [7, 11) is 0. The molecule has 0 spiro atoms. The van der Waals surface area contributed by atoms with Crippen LogP contribution in [0.1, 0.15) is 37.8 Å². The monoisotopic (exact) mass is 380 g/mol. The second kappa shape index (κ2) is 9.08. The maximum Gasteiger partial charge on any atom is 0.277 e. The number of hydrogen-bond acceptors (Lipinski definition) is 5. The van der Waals surface area contributed by atoms with E-state index in [0.29, 0.717) is 17.4 Å². The van der Waals surface area contributed by atoms with Crippen molar-refractivity contribution in [3.8, 4) is 17.2 Å². The van der Waals surface area contributed by atoms with E-state index in [1.807, 2.05) is 54.6 Å². The summed E-state index contributed by atoms with van der Waals surface area (Å²) in [5.74, 6) is 2.27. The van der Waals surface area contributed by atoms with Crippen molar-refractivity contribution in [2.24, 2.45) is 5.10 Å². The Morgan fingerprint density at radius 3 is 2.68 bits per heavy atom. The largest absolute Gasteiger partial charge is 0.484 e. The van der Waals surface area contributed by atoms with E-state index in [2.05, 4.69) is 24.4 Å². The number of hydrogen-bond donors (Lipinski definition) is 1. The third kappa shape index (κ3) is 5.36. The lowest BCUT2D eigenvalue weighted by Crippen LogP contribution is -2.25. The number of allylic oxidation sites excluding steroid dienone is 1.